The third kappa shape index (κ3) is 3.69. The first kappa shape index (κ1) is 19.0. The van der Waals surface area contributed by atoms with Gasteiger partial charge in [0.05, 0.1) is 31.9 Å². The molecule has 3 heterocycles. The minimum absolute atomic E-state index is 0.0795. The minimum atomic E-state index is -0.660. The SMILES string of the molecule is N#Cc1cc(Cl)c(-c2nc3ccnc(Nc4cc(C(N)=O)ncn4)c3s2)c(Cl)c1. The molecule has 4 aromatic rings. The van der Waals surface area contributed by atoms with E-state index in [0.29, 0.717) is 43.3 Å². The van der Waals surface area contributed by atoms with Crippen molar-refractivity contribution in [3.8, 4) is 16.6 Å². The molecule has 4 rings (SSSR count). The van der Waals surface area contributed by atoms with Gasteiger partial charge in [-0.15, -0.1) is 11.3 Å². The van der Waals surface area contributed by atoms with Crippen molar-refractivity contribution in [3.05, 3.63) is 58.1 Å². The Bertz CT molecular complexity index is 1290. The molecule has 1 aromatic carbocycles. The summed E-state index contributed by atoms with van der Waals surface area (Å²) in [6.45, 7) is 0. The highest BCUT2D eigenvalue weighted by Crippen LogP contribution is 2.41. The van der Waals surface area contributed by atoms with E-state index in [-0.39, 0.29) is 5.69 Å². The number of amides is 1. The number of hydrogen-bond acceptors (Lipinski definition) is 8. The molecule has 0 unspecified atom stereocenters. The predicted octanol–water partition coefficient (Wildman–Crippen LogP) is 4.17. The number of nitrogens with zero attached hydrogens (tertiary/aromatic N) is 5. The normalized spacial score (nSPS) is 10.7. The highest BCUT2D eigenvalue weighted by atomic mass is 35.5. The van der Waals surface area contributed by atoms with Gasteiger partial charge in [0.15, 0.2) is 5.82 Å². The lowest BCUT2D eigenvalue weighted by Gasteiger charge is -2.05. The lowest BCUT2D eigenvalue weighted by Crippen LogP contribution is -2.13. The zero-order valence-corrected chi connectivity index (χ0v) is 16.7. The van der Waals surface area contributed by atoms with Crippen molar-refractivity contribution in [2.24, 2.45) is 5.73 Å². The number of thiazole rings is 1. The molecule has 142 valence electrons. The van der Waals surface area contributed by atoms with Gasteiger partial charge in [-0.05, 0) is 18.2 Å². The number of hydrogen-bond donors (Lipinski definition) is 2. The molecule has 0 fully saturated rings. The Morgan fingerprint density at radius 3 is 2.62 bits per heavy atom. The Morgan fingerprint density at radius 2 is 1.93 bits per heavy atom. The number of carbonyl (C=O) groups is 1. The van der Waals surface area contributed by atoms with Gasteiger partial charge in [0.2, 0.25) is 0 Å². The fourth-order valence-electron chi connectivity index (χ4n) is 2.58. The van der Waals surface area contributed by atoms with Gasteiger partial charge in [0.1, 0.15) is 22.8 Å². The fourth-order valence-corrected chi connectivity index (χ4v) is 4.43. The van der Waals surface area contributed by atoms with Crippen LogP contribution in [-0.4, -0.2) is 25.8 Å². The van der Waals surface area contributed by atoms with E-state index < -0.39 is 5.91 Å². The van der Waals surface area contributed by atoms with Crippen LogP contribution in [0.2, 0.25) is 10.0 Å². The number of rotatable bonds is 4. The van der Waals surface area contributed by atoms with Gasteiger partial charge in [-0.1, -0.05) is 23.2 Å². The minimum Gasteiger partial charge on any atom is -0.364 e. The molecule has 3 aromatic heterocycles. The summed E-state index contributed by atoms with van der Waals surface area (Å²) in [5.74, 6) is 0.186. The van der Waals surface area contributed by atoms with Crippen LogP contribution >= 0.6 is 34.5 Å². The maximum atomic E-state index is 11.3. The van der Waals surface area contributed by atoms with E-state index in [2.05, 4.69) is 25.3 Å². The summed E-state index contributed by atoms with van der Waals surface area (Å²) in [6, 6.07) is 8.27. The quantitative estimate of drug-likeness (QED) is 0.485. The molecule has 0 atom stereocenters. The van der Waals surface area contributed by atoms with E-state index in [1.54, 1.807) is 24.4 Å². The number of primary amides is 1. The number of nitriles is 1. The van der Waals surface area contributed by atoms with E-state index in [1.165, 1.54) is 23.7 Å². The van der Waals surface area contributed by atoms with Crippen LogP contribution in [0.15, 0.2) is 36.8 Å². The second-order valence-electron chi connectivity index (χ2n) is 5.73. The second kappa shape index (κ2) is 7.60. The van der Waals surface area contributed by atoms with Gasteiger partial charge in [0.25, 0.3) is 5.91 Å². The number of halogens is 2. The van der Waals surface area contributed by atoms with Crippen LogP contribution in [0.25, 0.3) is 20.8 Å². The van der Waals surface area contributed by atoms with E-state index in [1.807, 2.05) is 6.07 Å². The van der Waals surface area contributed by atoms with Gasteiger partial charge in [-0.25, -0.2) is 19.9 Å². The number of pyridine rings is 1. The topological polar surface area (TPSA) is 130 Å². The molecule has 0 aliphatic heterocycles. The first-order chi connectivity index (χ1) is 14.0. The molecule has 0 aliphatic rings. The molecule has 0 aliphatic carbocycles. The van der Waals surface area contributed by atoms with Crippen molar-refractivity contribution in [1.82, 2.24) is 19.9 Å². The number of fused-ring (bicyclic) bond motifs is 1. The van der Waals surface area contributed by atoms with E-state index in [0.717, 1.165) is 4.70 Å². The second-order valence-corrected chi connectivity index (χ2v) is 7.54. The fraction of sp³-hybridized carbons (Fsp3) is 0. The Kier molecular flexibility index (Phi) is 4.98. The Morgan fingerprint density at radius 1 is 1.17 bits per heavy atom. The summed E-state index contributed by atoms with van der Waals surface area (Å²) in [5, 5.41) is 13.3. The first-order valence-corrected chi connectivity index (χ1v) is 9.57. The van der Waals surface area contributed by atoms with Crippen molar-refractivity contribution in [2.45, 2.75) is 0 Å². The molecule has 0 bridgehead atoms. The summed E-state index contributed by atoms with van der Waals surface area (Å²) < 4.78 is 0.734. The van der Waals surface area contributed by atoms with Crippen molar-refractivity contribution in [1.29, 1.82) is 5.26 Å². The van der Waals surface area contributed by atoms with E-state index in [4.69, 9.17) is 34.2 Å². The zero-order chi connectivity index (χ0) is 20.5. The summed E-state index contributed by atoms with van der Waals surface area (Å²) >= 11 is 14.0. The standard InChI is InChI=1S/C18H9Cl2N7OS/c19-9-3-8(6-21)4-10(20)14(9)18-26-11-1-2-23-17(15(11)29-18)27-13-5-12(16(22)28)24-7-25-13/h1-5,7H,(H2,22,28)(H,23,24,25,27). The zero-order valence-electron chi connectivity index (χ0n) is 14.3. The van der Waals surface area contributed by atoms with Gasteiger partial charge >= 0.3 is 0 Å². The van der Waals surface area contributed by atoms with Crippen molar-refractivity contribution < 1.29 is 4.79 Å². The molecule has 29 heavy (non-hydrogen) atoms. The van der Waals surface area contributed by atoms with Gasteiger partial charge in [-0.3, -0.25) is 4.79 Å². The summed E-state index contributed by atoms with van der Waals surface area (Å²) in [6.07, 6.45) is 2.82. The lowest BCUT2D eigenvalue weighted by molar-refractivity contribution is 0.0995. The number of benzene rings is 1. The number of aromatic nitrogens is 4. The van der Waals surface area contributed by atoms with Crippen molar-refractivity contribution >= 4 is 62.3 Å². The van der Waals surface area contributed by atoms with Gasteiger partial charge in [0, 0.05) is 17.8 Å². The average molecular weight is 442 g/mol. The van der Waals surface area contributed by atoms with Gasteiger partial charge < -0.3 is 11.1 Å². The van der Waals surface area contributed by atoms with Gasteiger partial charge in [-0.2, -0.15) is 5.26 Å². The summed E-state index contributed by atoms with van der Waals surface area (Å²) in [7, 11) is 0. The number of carbonyl (C=O) groups excluding carboxylic acids is 1. The molecule has 0 spiro atoms. The molecule has 3 N–H and O–H groups in total. The summed E-state index contributed by atoms with van der Waals surface area (Å²) in [5.41, 5.74) is 6.91. The summed E-state index contributed by atoms with van der Waals surface area (Å²) in [4.78, 5) is 28.1. The van der Waals surface area contributed by atoms with E-state index in [9.17, 15) is 4.79 Å². The molecule has 1 amide bonds. The first-order valence-electron chi connectivity index (χ1n) is 8.00. The Labute approximate surface area is 178 Å². The maximum Gasteiger partial charge on any atom is 0.267 e. The molecular formula is C18H9Cl2N7OS. The number of anilines is 2. The van der Waals surface area contributed by atoms with Crippen LogP contribution in [-0.2, 0) is 0 Å². The molecule has 11 heteroatoms. The molecule has 8 nitrogen and oxygen atoms in total. The molecule has 0 saturated heterocycles. The third-order valence-corrected chi connectivity index (χ3v) is 5.55. The highest BCUT2D eigenvalue weighted by Gasteiger charge is 2.17. The monoisotopic (exact) mass is 441 g/mol. The Hall–Kier alpha value is -3.32. The van der Waals surface area contributed by atoms with Crippen LogP contribution in [0, 0.1) is 11.3 Å². The highest BCUT2D eigenvalue weighted by molar-refractivity contribution is 7.22. The van der Waals surface area contributed by atoms with Crippen LogP contribution in [0.1, 0.15) is 16.1 Å². The third-order valence-electron chi connectivity index (χ3n) is 3.86. The number of nitrogens with two attached hydrogens (primary N) is 1. The van der Waals surface area contributed by atoms with Crippen molar-refractivity contribution in [3.63, 3.8) is 0 Å². The van der Waals surface area contributed by atoms with Crippen LogP contribution in [0.4, 0.5) is 11.6 Å². The predicted molar refractivity (Wildman–Crippen MR) is 111 cm³/mol. The van der Waals surface area contributed by atoms with Crippen molar-refractivity contribution in [2.75, 3.05) is 5.32 Å². The van der Waals surface area contributed by atoms with E-state index >= 15 is 0 Å². The maximum absolute atomic E-state index is 11.3. The number of nitrogens with one attached hydrogen (secondary N) is 1. The molecule has 0 saturated carbocycles. The lowest BCUT2D eigenvalue weighted by atomic mass is 10.1. The molecular weight excluding hydrogens is 433 g/mol. The Balaban J connectivity index is 1.78. The van der Waals surface area contributed by atoms with Crippen LogP contribution < -0.4 is 11.1 Å². The average Bonchev–Trinajstić information content (AvgIpc) is 3.12. The molecule has 0 radical (unpaired) electrons. The smallest absolute Gasteiger partial charge is 0.267 e. The van der Waals surface area contributed by atoms with Crippen LogP contribution in [0.5, 0.6) is 0 Å². The van der Waals surface area contributed by atoms with Crippen LogP contribution in [0.3, 0.4) is 0 Å². The largest absolute Gasteiger partial charge is 0.364 e.